The van der Waals surface area contributed by atoms with Gasteiger partial charge in [-0.2, -0.15) is 0 Å². The highest BCUT2D eigenvalue weighted by molar-refractivity contribution is 7.92. The number of sulfonamides is 1. The van der Waals surface area contributed by atoms with Gasteiger partial charge in [-0.3, -0.25) is 13.9 Å². The van der Waals surface area contributed by atoms with Crippen molar-refractivity contribution >= 4 is 27.5 Å². The number of anilines is 1. The largest absolute Gasteiger partial charge is 0.497 e. The number of hydrogen-bond donors (Lipinski definition) is 1. The Hall–Kier alpha value is -4.25. The van der Waals surface area contributed by atoms with Crippen LogP contribution in [0, 0.1) is 6.92 Å². The van der Waals surface area contributed by atoms with Crippen molar-refractivity contribution in [2.24, 2.45) is 0 Å². The maximum atomic E-state index is 14.3. The minimum Gasteiger partial charge on any atom is -0.497 e. The first-order chi connectivity index (χ1) is 21.0. The van der Waals surface area contributed by atoms with Crippen LogP contribution in [0.1, 0.15) is 44.7 Å². The van der Waals surface area contributed by atoms with E-state index >= 15 is 0 Å². The molecule has 3 aromatic carbocycles. The number of nitrogens with zero attached hydrogens (tertiary/aromatic N) is 2. The molecule has 0 aliphatic rings. The molecule has 11 heteroatoms. The number of benzene rings is 3. The Balaban J connectivity index is 2.14. The summed E-state index contributed by atoms with van der Waals surface area (Å²) in [4.78, 5) is 29.3. The number of methoxy groups -OCH3 is 3. The van der Waals surface area contributed by atoms with Crippen molar-refractivity contribution in [3.63, 3.8) is 0 Å². The van der Waals surface area contributed by atoms with Gasteiger partial charge in [0.15, 0.2) is 0 Å². The Kier molecular flexibility index (Phi) is 12.0. The van der Waals surface area contributed by atoms with Gasteiger partial charge in [0.25, 0.3) is 10.0 Å². The summed E-state index contributed by atoms with van der Waals surface area (Å²) in [5.74, 6) is 0.390. The topological polar surface area (TPSA) is 114 Å². The fourth-order valence-electron chi connectivity index (χ4n) is 4.63. The number of aryl methyl sites for hydroxylation is 1. The van der Waals surface area contributed by atoms with Gasteiger partial charge in [0.05, 0.1) is 31.9 Å². The van der Waals surface area contributed by atoms with E-state index in [9.17, 15) is 18.0 Å². The maximum Gasteiger partial charge on any atom is 0.264 e. The van der Waals surface area contributed by atoms with E-state index in [0.29, 0.717) is 24.3 Å². The van der Waals surface area contributed by atoms with Crippen LogP contribution in [-0.4, -0.2) is 65.1 Å². The lowest BCUT2D eigenvalue weighted by atomic mass is 10.1. The monoisotopic (exact) mass is 625 g/mol. The van der Waals surface area contributed by atoms with Crippen LogP contribution in [0.15, 0.2) is 71.6 Å². The van der Waals surface area contributed by atoms with E-state index in [0.717, 1.165) is 15.4 Å². The Bertz CT molecular complexity index is 1510. The summed E-state index contributed by atoms with van der Waals surface area (Å²) in [5, 5.41) is 2.98. The molecule has 238 valence electrons. The van der Waals surface area contributed by atoms with E-state index in [2.05, 4.69) is 5.32 Å². The van der Waals surface area contributed by atoms with Crippen molar-refractivity contribution in [3.8, 4) is 17.2 Å². The molecule has 10 nitrogen and oxygen atoms in total. The zero-order valence-electron chi connectivity index (χ0n) is 26.5. The van der Waals surface area contributed by atoms with Crippen LogP contribution in [0.4, 0.5) is 5.69 Å². The number of carbonyl (C=O) groups is 2. The molecule has 0 spiro atoms. The molecule has 0 bridgehead atoms. The lowest BCUT2D eigenvalue weighted by molar-refractivity contribution is -0.140. The van der Waals surface area contributed by atoms with Gasteiger partial charge < -0.3 is 24.4 Å². The van der Waals surface area contributed by atoms with Crippen LogP contribution in [-0.2, 0) is 26.2 Å². The van der Waals surface area contributed by atoms with E-state index < -0.39 is 28.5 Å². The molecule has 0 aliphatic heterocycles. The Morgan fingerprint density at radius 2 is 1.45 bits per heavy atom. The highest BCUT2D eigenvalue weighted by Crippen LogP contribution is 2.36. The zero-order valence-corrected chi connectivity index (χ0v) is 27.3. The van der Waals surface area contributed by atoms with Crippen LogP contribution < -0.4 is 23.8 Å². The van der Waals surface area contributed by atoms with Gasteiger partial charge in [-0.05, 0) is 68.7 Å². The number of rotatable bonds is 15. The molecule has 0 aromatic heterocycles. The smallest absolute Gasteiger partial charge is 0.264 e. The van der Waals surface area contributed by atoms with Crippen LogP contribution in [0.5, 0.6) is 17.2 Å². The van der Waals surface area contributed by atoms with Crippen LogP contribution >= 0.6 is 0 Å². The number of hydrogen-bond acceptors (Lipinski definition) is 7. The number of carbonyl (C=O) groups excluding carboxylic acids is 2. The second kappa shape index (κ2) is 15.5. The molecule has 2 amide bonds. The number of nitrogens with one attached hydrogen (secondary N) is 1. The average Bonchev–Trinajstić information content (AvgIpc) is 3.03. The molecule has 1 N–H and O–H groups in total. The molecule has 2 atom stereocenters. The highest BCUT2D eigenvalue weighted by Gasteiger charge is 2.35. The van der Waals surface area contributed by atoms with Gasteiger partial charge >= 0.3 is 0 Å². The second-order valence-corrected chi connectivity index (χ2v) is 12.3. The van der Waals surface area contributed by atoms with E-state index in [4.69, 9.17) is 14.2 Å². The van der Waals surface area contributed by atoms with Gasteiger partial charge in [-0.25, -0.2) is 8.42 Å². The van der Waals surface area contributed by atoms with Crippen molar-refractivity contribution in [1.29, 1.82) is 0 Å². The normalized spacial score (nSPS) is 12.5. The lowest BCUT2D eigenvalue weighted by Gasteiger charge is -2.34. The van der Waals surface area contributed by atoms with Crippen LogP contribution in [0.3, 0.4) is 0 Å². The van der Waals surface area contributed by atoms with Gasteiger partial charge in [0.1, 0.15) is 29.8 Å². The number of ether oxygens (including phenoxy) is 3. The minimum atomic E-state index is -4.28. The summed E-state index contributed by atoms with van der Waals surface area (Å²) in [6, 6.07) is 17.3. The lowest BCUT2D eigenvalue weighted by Crippen LogP contribution is -2.53. The van der Waals surface area contributed by atoms with E-state index in [1.54, 1.807) is 43.5 Å². The molecule has 0 aliphatic carbocycles. The summed E-state index contributed by atoms with van der Waals surface area (Å²) in [6.07, 6.45) is 1.03. The quantitative estimate of drug-likeness (QED) is 0.255. The first kappa shape index (κ1) is 34.2. The van der Waals surface area contributed by atoms with Gasteiger partial charge in [0, 0.05) is 18.7 Å². The average molecular weight is 626 g/mol. The Labute approximate surface area is 261 Å². The first-order valence-corrected chi connectivity index (χ1v) is 16.0. The molecular formula is C33H43N3O7S. The molecule has 0 heterocycles. The summed E-state index contributed by atoms with van der Waals surface area (Å²) in [5.41, 5.74) is 1.76. The summed E-state index contributed by atoms with van der Waals surface area (Å²) >= 11 is 0. The molecule has 0 radical (unpaired) electrons. The summed E-state index contributed by atoms with van der Waals surface area (Å²) in [7, 11) is 0.170. The third-order valence-corrected chi connectivity index (χ3v) is 9.22. The van der Waals surface area contributed by atoms with E-state index in [1.807, 2.05) is 39.8 Å². The molecule has 0 unspecified atom stereocenters. The van der Waals surface area contributed by atoms with Gasteiger partial charge in [-0.1, -0.05) is 43.7 Å². The summed E-state index contributed by atoms with van der Waals surface area (Å²) in [6.45, 7) is 7.01. The van der Waals surface area contributed by atoms with Gasteiger partial charge in [0.2, 0.25) is 11.8 Å². The highest BCUT2D eigenvalue weighted by atomic mass is 32.2. The Morgan fingerprint density at radius 1 is 0.841 bits per heavy atom. The standard InChI is InChI=1S/C33H43N3O7S/c1-8-24(4)34-33(38)29(9-2)35(21-25-12-14-26(41-5)15-13-25)32(37)22-36(30-20-27(42-6)16-19-31(30)43-7)44(39,40)28-17-10-23(3)11-18-28/h10-20,24,29H,8-9,21-22H2,1-7H3,(H,34,38)/t24-,29+/m0/s1. The molecule has 0 fully saturated rings. The fraction of sp³-hybridized carbons (Fsp3) is 0.394. The molecule has 44 heavy (non-hydrogen) atoms. The molecular weight excluding hydrogens is 582 g/mol. The maximum absolute atomic E-state index is 14.3. The predicted molar refractivity (Wildman–Crippen MR) is 171 cm³/mol. The molecule has 0 saturated carbocycles. The zero-order chi connectivity index (χ0) is 32.4. The fourth-order valence-corrected chi connectivity index (χ4v) is 6.05. The van der Waals surface area contributed by atoms with Crippen molar-refractivity contribution < 1.29 is 32.2 Å². The van der Waals surface area contributed by atoms with Crippen molar-refractivity contribution in [1.82, 2.24) is 10.2 Å². The molecule has 0 saturated heterocycles. The second-order valence-electron chi connectivity index (χ2n) is 10.5. The third-order valence-electron chi connectivity index (χ3n) is 7.44. The molecule has 3 rings (SSSR count). The first-order valence-electron chi connectivity index (χ1n) is 14.5. The Morgan fingerprint density at radius 3 is 2.00 bits per heavy atom. The number of amides is 2. The van der Waals surface area contributed by atoms with E-state index in [-0.39, 0.29) is 34.8 Å². The van der Waals surface area contributed by atoms with Gasteiger partial charge in [-0.15, -0.1) is 0 Å². The van der Waals surface area contributed by atoms with Crippen molar-refractivity contribution in [2.75, 3.05) is 32.2 Å². The van der Waals surface area contributed by atoms with Crippen LogP contribution in [0.25, 0.3) is 0 Å². The van der Waals surface area contributed by atoms with Crippen molar-refractivity contribution in [2.45, 2.75) is 64.1 Å². The minimum absolute atomic E-state index is 0.00373. The van der Waals surface area contributed by atoms with Crippen LogP contribution in [0.2, 0.25) is 0 Å². The van der Waals surface area contributed by atoms with Crippen molar-refractivity contribution in [3.05, 3.63) is 77.9 Å². The van der Waals surface area contributed by atoms with E-state index in [1.165, 1.54) is 37.3 Å². The predicted octanol–water partition coefficient (Wildman–Crippen LogP) is 4.94. The SMILES string of the molecule is CC[C@H](C(=O)N[C@@H](C)CC)N(Cc1ccc(OC)cc1)C(=O)CN(c1cc(OC)ccc1OC)S(=O)(=O)c1ccc(C)cc1. The third kappa shape index (κ3) is 8.22. The molecule has 3 aromatic rings. The summed E-state index contributed by atoms with van der Waals surface area (Å²) < 4.78 is 45.7.